The largest absolute Gasteiger partial charge is 0.460 e. The van der Waals surface area contributed by atoms with Gasteiger partial charge in [-0.05, 0) is 59.5 Å². The van der Waals surface area contributed by atoms with Gasteiger partial charge in [0, 0.05) is 65.0 Å². The molecule has 0 bridgehead atoms. The summed E-state index contributed by atoms with van der Waals surface area (Å²) < 4.78 is 15.6. The first-order valence-corrected chi connectivity index (χ1v) is 18.4. The molecule has 11 rings (SSSR count). The van der Waals surface area contributed by atoms with E-state index in [4.69, 9.17) is 23.8 Å². The fourth-order valence-corrected chi connectivity index (χ4v) is 9.01. The van der Waals surface area contributed by atoms with Gasteiger partial charge in [-0.1, -0.05) is 104 Å². The fraction of sp³-hybridized carbons (Fsp3) is 0.0652. The zero-order valence-corrected chi connectivity index (χ0v) is 28.9. The topological polar surface area (TPSA) is 65.0 Å². The Bertz CT molecular complexity index is 3080. The minimum atomic E-state index is 0.237. The molecular formula is C46H29N3O2S. The lowest BCUT2D eigenvalue weighted by Gasteiger charge is -2.18. The van der Waals surface area contributed by atoms with Crippen molar-refractivity contribution in [3.63, 3.8) is 0 Å². The normalized spacial score (nSPS) is 14.5. The molecule has 6 heteroatoms. The summed E-state index contributed by atoms with van der Waals surface area (Å²) in [6.07, 6.45) is 3.10. The van der Waals surface area contributed by atoms with Gasteiger partial charge >= 0.3 is 0 Å². The number of nitrogens with zero attached hydrogens (tertiary/aromatic N) is 3. The molecule has 1 atom stereocenters. The van der Waals surface area contributed by atoms with Crippen molar-refractivity contribution in [3.05, 3.63) is 157 Å². The van der Waals surface area contributed by atoms with Gasteiger partial charge in [-0.2, -0.15) is 0 Å². The van der Waals surface area contributed by atoms with Gasteiger partial charge in [0.15, 0.2) is 17.5 Å². The van der Waals surface area contributed by atoms with Gasteiger partial charge in [0.2, 0.25) is 0 Å². The van der Waals surface area contributed by atoms with Crippen LogP contribution in [0, 0.1) is 5.92 Å². The van der Waals surface area contributed by atoms with Crippen LogP contribution in [-0.4, -0.2) is 15.0 Å². The quantitative estimate of drug-likeness (QED) is 0.184. The van der Waals surface area contributed by atoms with Gasteiger partial charge in [-0.3, -0.25) is 0 Å². The van der Waals surface area contributed by atoms with E-state index >= 15 is 0 Å². The van der Waals surface area contributed by atoms with E-state index in [1.54, 1.807) is 0 Å². The van der Waals surface area contributed by atoms with Crippen molar-refractivity contribution in [2.75, 3.05) is 0 Å². The number of hydrogen-bond acceptors (Lipinski definition) is 6. The third-order valence-electron chi connectivity index (χ3n) is 10.2. The number of benzene rings is 6. The Morgan fingerprint density at radius 2 is 1.21 bits per heavy atom. The summed E-state index contributed by atoms with van der Waals surface area (Å²) in [6.45, 7) is 2.22. The van der Waals surface area contributed by atoms with Crippen LogP contribution < -0.4 is 0 Å². The van der Waals surface area contributed by atoms with E-state index in [2.05, 4.69) is 91.9 Å². The number of thiophene rings is 1. The van der Waals surface area contributed by atoms with E-state index in [9.17, 15) is 0 Å². The summed E-state index contributed by atoms with van der Waals surface area (Å²) >= 11 is 1.84. The Hall–Kier alpha value is -6.37. The molecule has 52 heavy (non-hydrogen) atoms. The van der Waals surface area contributed by atoms with E-state index in [1.165, 1.54) is 25.7 Å². The van der Waals surface area contributed by atoms with Gasteiger partial charge in [0.05, 0.1) is 0 Å². The predicted octanol–water partition coefficient (Wildman–Crippen LogP) is 12.5. The number of furan rings is 2. The Labute approximate surface area is 302 Å². The molecule has 1 aliphatic carbocycles. The minimum absolute atomic E-state index is 0.237. The van der Waals surface area contributed by atoms with E-state index in [-0.39, 0.29) is 5.92 Å². The molecule has 5 nitrogen and oxygen atoms in total. The van der Waals surface area contributed by atoms with Crippen LogP contribution in [-0.2, 0) is 6.42 Å². The average Bonchev–Trinajstić information content (AvgIpc) is 3.88. The summed E-state index contributed by atoms with van der Waals surface area (Å²) in [6, 6.07) is 46.3. The number of allylic oxidation sites excluding steroid dienone is 1. The molecule has 0 saturated heterocycles. The second kappa shape index (κ2) is 11.3. The van der Waals surface area contributed by atoms with Crippen molar-refractivity contribution in [1.29, 1.82) is 0 Å². The third-order valence-corrected chi connectivity index (χ3v) is 11.4. The summed E-state index contributed by atoms with van der Waals surface area (Å²) in [7, 11) is 0. The minimum Gasteiger partial charge on any atom is -0.460 e. The number of fused-ring (bicyclic) bond motifs is 9. The molecule has 1 aliphatic rings. The van der Waals surface area contributed by atoms with Gasteiger partial charge in [0.25, 0.3) is 0 Å². The second-order valence-electron chi connectivity index (χ2n) is 13.6. The Morgan fingerprint density at radius 1 is 0.538 bits per heavy atom. The van der Waals surface area contributed by atoms with Crippen molar-refractivity contribution in [3.8, 4) is 33.9 Å². The molecule has 1 unspecified atom stereocenters. The second-order valence-corrected chi connectivity index (χ2v) is 14.7. The van der Waals surface area contributed by atoms with Crippen LogP contribution >= 0.6 is 11.3 Å². The van der Waals surface area contributed by atoms with Gasteiger partial charge in [-0.25, -0.2) is 15.0 Å². The zero-order valence-electron chi connectivity index (χ0n) is 28.1. The van der Waals surface area contributed by atoms with Crippen LogP contribution in [0.2, 0.25) is 0 Å². The van der Waals surface area contributed by atoms with E-state index in [0.29, 0.717) is 17.5 Å². The molecular weight excluding hydrogens is 659 g/mol. The van der Waals surface area contributed by atoms with E-state index < -0.39 is 0 Å². The first-order valence-electron chi connectivity index (χ1n) is 17.6. The van der Waals surface area contributed by atoms with Crippen molar-refractivity contribution in [2.24, 2.45) is 5.92 Å². The van der Waals surface area contributed by atoms with Gasteiger partial charge in [-0.15, -0.1) is 11.3 Å². The molecule has 0 aliphatic heterocycles. The predicted molar refractivity (Wildman–Crippen MR) is 212 cm³/mol. The molecule has 4 heterocycles. The van der Waals surface area contributed by atoms with Crippen molar-refractivity contribution < 1.29 is 8.83 Å². The highest BCUT2D eigenvalue weighted by Crippen LogP contribution is 2.44. The lowest BCUT2D eigenvalue weighted by molar-refractivity contribution is 0.512. The van der Waals surface area contributed by atoms with Crippen LogP contribution in [0.4, 0.5) is 0 Å². The number of para-hydroxylation sites is 1. The molecule has 0 saturated carbocycles. The molecule has 4 aromatic heterocycles. The van der Waals surface area contributed by atoms with E-state index in [1.807, 2.05) is 65.9 Å². The summed E-state index contributed by atoms with van der Waals surface area (Å²) in [5.74, 6) is 3.04. The summed E-state index contributed by atoms with van der Waals surface area (Å²) in [5, 5.41) is 5.80. The zero-order chi connectivity index (χ0) is 34.3. The molecule has 0 amide bonds. The number of rotatable bonds is 4. The van der Waals surface area contributed by atoms with Crippen LogP contribution in [0.3, 0.4) is 0 Å². The SMILES string of the molecule is CC1C=C(c2nc(-c3ccccc3)nc(-c3ccc4c(c3)oc3ccccc34)n2)c2c(oc3cc(-c4cccc5sc6ccccc6c45)ccc23)C1. The number of hydrogen-bond donors (Lipinski definition) is 0. The third kappa shape index (κ3) is 4.58. The molecule has 0 fully saturated rings. The maximum Gasteiger partial charge on any atom is 0.164 e. The molecule has 10 aromatic rings. The Balaban J connectivity index is 1.08. The highest BCUT2D eigenvalue weighted by Gasteiger charge is 2.28. The summed E-state index contributed by atoms with van der Waals surface area (Å²) in [5.41, 5.74) is 8.71. The lowest BCUT2D eigenvalue weighted by Crippen LogP contribution is -2.10. The number of aromatic nitrogens is 3. The standard InChI is InChI=1S/C46H29N3O2S/c1-26-22-35(42-33-21-18-28(24-38(33)51-39(42)23-26)30-14-9-17-41-43(30)34-13-6-8-16-40(34)52-41)46-48-44(27-10-3-2-4-11-27)47-45(49-46)29-19-20-32-31-12-5-7-15-36(31)50-37(32)25-29/h2-22,24-26H,23H2,1H3. The highest BCUT2D eigenvalue weighted by atomic mass is 32.1. The van der Waals surface area contributed by atoms with Crippen molar-refractivity contribution in [1.82, 2.24) is 15.0 Å². The summed E-state index contributed by atoms with van der Waals surface area (Å²) in [4.78, 5) is 15.3. The monoisotopic (exact) mass is 687 g/mol. The molecule has 0 spiro atoms. The smallest absolute Gasteiger partial charge is 0.164 e. The maximum absolute atomic E-state index is 6.74. The molecule has 0 N–H and O–H groups in total. The van der Waals surface area contributed by atoms with Crippen LogP contribution in [0.5, 0.6) is 0 Å². The molecule has 6 aromatic carbocycles. The van der Waals surface area contributed by atoms with Crippen molar-refractivity contribution in [2.45, 2.75) is 13.3 Å². The van der Waals surface area contributed by atoms with Crippen molar-refractivity contribution >= 4 is 70.0 Å². The van der Waals surface area contributed by atoms with E-state index in [0.717, 1.165) is 72.9 Å². The van der Waals surface area contributed by atoms with Crippen LogP contribution in [0.25, 0.3) is 92.6 Å². The van der Waals surface area contributed by atoms with Gasteiger partial charge < -0.3 is 8.83 Å². The molecule has 0 radical (unpaired) electrons. The van der Waals surface area contributed by atoms with Gasteiger partial charge in [0.1, 0.15) is 22.5 Å². The first-order chi connectivity index (χ1) is 25.6. The maximum atomic E-state index is 6.74. The fourth-order valence-electron chi connectivity index (χ4n) is 7.88. The average molecular weight is 688 g/mol. The Kier molecular flexibility index (Phi) is 6.39. The Morgan fingerprint density at radius 3 is 2.12 bits per heavy atom. The first kappa shape index (κ1) is 29.4. The van der Waals surface area contributed by atoms with Crippen LogP contribution in [0.15, 0.2) is 148 Å². The molecule has 246 valence electrons. The lowest BCUT2D eigenvalue weighted by atomic mass is 9.88. The highest BCUT2D eigenvalue weighted by molar-refractivity contribution is 7.25. The van der Waals surface area contributed by atoms with Crippen LogP contribution in [0.1, 0.15) is 24.1 Å².